The SMILES string of the molecule is COc1cccc2c(Nc3cc(CO)cc(NC(=O)C(C)N)c3)c3ccccc3nc12. The van der Waals surface area contributed by atoms with Crippen LogP contribution in [0.1, 0.15) is 12.5 Å². The van der Waals surface area contributed by atoms with Crippen LogP contribution in [0.5, 0.6) is 5.75 Å². The quantitative estimate of drug-likeness (QED) is 0.355. The first-order valence-electron chi connectivity index (χ1n) is 9.94. The highest BCUT2D eigenvalue weighted by Crippen LogP contribution is 2.37. The van der Waals surface area contributed by atoms with Gasteiger partial charge in [0.05, 0.1) is 31.0 Å². The summed E-state index contributed by atoms with van der Waals surface area (Å²) in [6.07, 6.45) is 0. The van der Waals surface area contributed by atoms with Crippen molar-refractivity contribution in [3.8, 4) is 5.75 Å². The number of carbonyl (C=O) groups is 1. The molecule has 0 aliphatic carbocycles. The van der Waals surface area contributed by atoms with E-state index in [9.17, 15) is 9.90 Å². The molecule has 0 bridgehead atoms. The van der Waals surface area contributed by atoms with E-state index in [0.717, 1.165) is 27.5 Å². The van der Waals surface area contributed by atoms with Gasteiger partial charge < -0.3 is 26.2 Å². The van der Waals surface area contributed by atoms with Crippen LogP contribution in [-0.4, -0.2) is 29.1 Å². The number of carbonyl (C=O) groups excluding carboxylic acids is 1. The van der Waals surface area contributed by atoms with Crippen LogP contribution < -0.4 is 21.1 Å². The molecule has 1 aromatic heterocycles. The molecule has 1 amide bonds. The molecule has 0 saturated carbocycles. The van der Waals surface area contributed by atoms with Gasteiger partial charge >= 0.3 is 0 Å². The molecule has 3 aromatic carbocycles. The molecule has 0 fully saturated rings. The minimum absolute atomic E-state index is 0.164. The van der Waals surface area contributed by atoms with Gasteiger partial charge in [0, 0.05) is 22.1 Å². The van der Waals surface area contributed by atoms with Gasteiger partial charge in [-0.15, -0.1) is 0 Å². The summed E-state index contributed by atoms with van der Waals surface area (Å²) in [5, 5.41) is 17.8. The molecule has 4 aromatic rings. The normalized spacial score (nSPS) is 12.0. The monoisotopic (exact) mass is 416 g/mol. The number of pyridine rings is 1. The average molecular weight is 416 g/mol. The smallest absolute Gasteiger partial charge is 0.240 e. The Bertz CT molecular complexity index is 1270. The number of ether oxygens (including phenoxy) is 1. The molecule has 1 unspecified atom stereocenters. The van der Waals surface area contributed by atoms with Crippen LogP contribution in [0.15, 0.2) is 60.7 Å². The fourth-order valence-electron chi connectivity index (χ4n) is 3.51. The van der Waals surface area contributed by atoms with Gasteiger partial charge in [-0.3, -0.25) is 4.79 Å². The maximum Gasteiger partial charge on any atom is 0.240 e. The Hall–Kier alpha value is -3.68. The van der Waals surface area contributed by atoms with Crippen molar-refractivity contribution in [1.82, 2.24) is 4.98 Å². The largest absolute Gasteiger partial charge is 0.494 e. The number of nitrogens with zero attached hydrogens (tertiary/aromatic N) is 1. The van der Waals surface area contributed by atoms with Crippen LogP contribution in [0.4, 0.5) is 17.1 Å². The zero-order valence-electron chi connectivity index (χ0n) is 17.3. The van der Waals surface area contributed by atoms with Crippen molar-refractivity contribution in [2.75, 3.05) is 17.7 Å². The molecule has 0 spiro atoms. The van der Waals surface area contributed by atoms with Crippen molar-refractivity contribution >= 4 is 44.8 Å². The molecule has 0 aliphatic rings. The topological polar surface area (TPSA) is 110 Å². The minimum Gasteiger partial charge on any atom is -0.494 e. The molecular weight excluding hydrogens is 392 g/mol. The van der Waals surface area contributed by atoms with Crippen LogP contribution in [0.2, 0.25) is 0 Å². The molecule has 5 N–H and O–H groups in total. The van der Waals surface area contributed by atoms with Gasteiger partial charge in [0.15, 0.2) is 0 Å². The lowest BCUT2D eigenvalue weighted by atomic mass is 10.1. The van der Waals surface area contributed by atoms with Crippen molar-refractivity contribution in [3.05, 3.63) is 66.2 Å². The predicted molar refractivity (Wildman–Crippen MR) is 124 cm³/mol. The van der Waals surface area contributed by atoms with Crippen LogP contribution in [0.3, 0.4) is 0 Å². The second-order valence-electron chi connectivity index (χ2n) is 7.34. The van der Waals surface area contributed by atoms with Gasteiger partial charge in [-0.25, -0.2) is 4.98 Å². The van der Waals surface area contributed by atoms with Crippen molar-refractivity contribution in [2.45, 2.75) is 19.6 Å². The Balaban J connectivity index is 1.87. The first-order chi connectivity index (χ1) is 15.0. The van der Waals surface area contributed by atoms with E-state index in [2.05, 4.69) is 10.6 Å². The highest BCUT2D eigenvalue weighted by molar-refractivity contribution is 6.10. The molecule has 7 nitrogen and oxygen atoms in total. The van der Waals surface area contributed by atoms with E-state index in [-0.39, 0.29) is 12.5 Å². The summed E-state index contributed by atoms with van der Waals surface area (Å²) in [6.45, 7) is 1.45. The Labute approximate surface area is 179 Å². The number of methoxy groups -OCH3 is 1. The van der Waals surface area contributed by atoms with Crippen molar-refractivity contribution in [3.63, 3.8) is 0 Å². The van der Waals surface area contributed by atoms with Crippen molar-refractivity contribution < 1.29 is 14.6 Å². The van der Waals surface area contributed by atoms with E-state index in [0.29, 0.717) is 22.7 Å². The first-order valence-corrected chi connectivity index (χ1v) is 9.94. The summed E-state index contributed by atoms with van der Waals surface area (Å²) in [6, 6.07) is 18.3. The lowest BCUT2D eigenvalue weighted by Crippen LogP contribution is -2.32. The van der Waals surface area contributed by atoms with Crippen molar-refractivity contribution in [1.29, 1.82) is 0 Å². The summed E-state index contributed by atoms with van der Waals surface area (Å²) >= 11 is 0. The van der Waals surface area contributed by atoms with Gasteiger partial charge in [-0.05, 0) is 42.8 Å². The van der Waals surface area contributed by atoms with Crippen LogP contribution in [0, 0.1) is 0 Å². The molecular formula is C24H24N4O3. The number of fused-ring (bicyclic) bond motifs is 2. The average Bonchev–Trinajstić information content (AvgIpc) is 2.78. The third kappa shape index (κ3) is 4.14. The second kappa shape index (κ2) is 8.59. The molecule has 0 radical (unpaired) electrons. The van der Waals surface area contributed by atoms with Crippen LogP contribution in [0.25, 0.3) is 21.8 Å². The number of anilines is 3. The molecule has 158 valence electrons. The number of benzene rings is 3. The number of aliphatic hydroxyl groups excluding tert-OH is 1. The number of hydrogen-bond donors (Lipinski definition) is 4. The fourth-order valence-corrected chi connectivity index (χ4v) is 3.51. The fraction of sp³-hybridized carbons (Fsp3) is 0.167. The summed E-state index contributed by atoms with van der Waals surface area (Å²) in [5.41, 5.74) is 10.0. The number of nitrogens with one attached hydrogen (secondary N) is 2. The molecule has 7 heteroatoms. The van der Waals surface area contributed by atoms with E-state index in [1.165, 1.54) is 0 Å². The molecule has 1 atom stereocenters. The standard InChI is InChI=1S/C24H24N4O3/c1-14(25)24(30)27-17-11-15(13-29)10-16(12-17)26-22-18-6-3-4-8-20(18)28-23-19(22)7-5-9-21(23)31-2/h3-12,14,29H,13,25H2,1-2H3,(H,26,28)(H,27,30). The van der Waals surface area contributed by atoms with E-state index in [1.54, 1.807) is 26.2 Å². The van der Waals surface area contributed by atoms with Gasteiger partial charge in [0.25, 0.3) is 0 Å². The molecule has 31 heavy (non-hydrogen) atoms. The Morgan fingerprint density at radius 1 is 1.10 bits per heavy atom. The van der Waals surface area contributed by atoms with Crippen LogP contribution >= 0.6 is 0 Å². The molecule has 4 rings (SSSR count). The number of rotatable bonds is 6. The number of aromatic nitrogens is 1. The van der Waals surface area contributed by atoms with Gasteiger partial charge in [-0.1, -0.05) is 30.3 Å². The van der Waals surface area contributed by atoms with Crippen LogP contribution in [-0.2, 0) is 11.4 Å². The highest BCUT2D eigenvalue weighted by atomic mass is 16.5. The summed E-state index contributed by atoms with van der Waals surface area (Å²) < 4.78 is 5.52. The number of para-hydroxylation sites is 2. The van der Waals surface area contributed by atoms with E-state index in [1.807, 2.05) is 48.5 Å². The van der Waals surface area contributed by atoms with E-state index < -0.39 is 6.04 Å². The summed E-state index contributed by atoms with van der Waals surface area (Å²) in [5.74, 6) is 0.380. The lowest BCUT2D eigenvalue weighted by molar-refractivity contribution is -0.117. The second-order valence-corrected chi connectivity index (χ2v) is 7.34. The summed E-state index contributed by atoms with van der Waals surface area (Å²) in [4.78, 5) is 16.8. The number of aliphatic hydroxyl groups is 1. The van der Waals surface area contributed by atoms with Gasteiger partial charge in [0.2, 0.25) is 5.91 Å². The maximum atomic E-state index is 12.1. The van der Waals surface area contributed by atoms with Crippen molar-refractivity contribution in [2.24, 2.45) is 5.73 Å². The minimum atomic E-state index is -0.644. The zero-order chi connectivity index (χ0) is 22.0. The maximum absolute atomic E-state index is 12.1. The zero-order valence-corrected chi connectivity index (χ0v) is 17.3. The van der Waals surface area contributed by atoms with E-state index >= 15 is 0 Å². The Morgan fingerprint density at radius 3 is 2.58 bits per heavy atom. The predicted octanol–water partition coefficient (Wildman–Crippen LogP) is 3.92. The first kappa shape index (κ1) is 20.6. The lowest BCUT2D eigenvalue weighted by Gasteiger charge is -2.17. The number of amides is 1. The Kier molecular flexibility index (Phi) is 5.70. The van der Waals surface area contributed by atoms with E-state index in [4.69, 9.17) is 15.5 Å². The molecule has 0 saturated heterocycles. The van der Waals surface area contributed by atoms with Gasteiger partial charge in [-0.2, -0.15) is 0 Å². The third-order valence-corrected chi connectivity index (χ3v) is 5.02. The summed E-state index contributed by atoms with van der Waals surface area (Å²) in [7, 11) is 1.62. The molecule has 0 aliphatic heterocycles. The molecule has 1 heterocycles. The highest BCUT2D eigenvalue weighted by Gasteiger charge is 2.14. The Morgan fingerprint density at radius 2 is 1.84 bits per heavy atom. The third-order valence-electron chi connectivity index (χ3n) is 5.02. The number of nitrogens with two attached hydrogens (primary N) is 1. The van der Waals surface area contributed by atoms with Gasteiger partial charge in [0.1, 0.15) is 11.3 Å². The number of hydrogen-bond acceptors (Lipinski definition) is 6.